The van der Waals surface area contributed by atoms with Gasteiger partial charge in [-0.05, 0) is 18.6 Å². The zero-order valence-corrected chi connectivity index (χ0v) is 11.6. The molecule has 0 atom stereocenters. The predicted molar refractivity (Wildman–Crippen MR) is 78.2 cm³/mol. The van der Waals surface area contributed by atoms with Crippen LogP contribution in [0.4, 0.5) is 5.95 Å². The Kier molecular flexibility index (Phi) is 4.44. The van der Waals surface area contributed by atoms with E-state index in [9.17, 15) is 0 Å². The number of hydrogen-bond acceptors (Lipinski definition) is 3. The standard InChI is InChI=1S/C15H21N3O/c1-3-4-7-10-18-11-13(17-15(18)16)12-8-5-6-9-14(12)19-2/h5-6,8-9,11H,3-4,7,10H2,1-2H3,(H2,16,17). The number of benzene rings is 1. The topological polar surface area (TPSA) is 53.1 Å². The lowest BCUT2D eigenvalue weighted by Gasteiger charge is -2.05. The summed E-state index contributed by atoms with van der Waals surface area (Å²) in [5, 5.41) is 0. The molecular weight excluding hydrogens is 238 g/mol. The number of anilines is 1. The number of aromatic nitrogens is 2. The molecule has 0 unspecified atom stereocenters. The molecule has 0 aliphatic rings. The molecule has 0 bridgehead atoms. The van der Waals surface area contributed by atoms with Gasteiger partial charge in [-0.1, -0.05) is 31.9 Å². The van der Waals surface area contributed by atoms with E-state index in [2.05, 4.69) is 11.9 Å². The van der Waals surface area contributed by atoms with Gasteiger partial charge in [-0.2, -0.15) is 0 Å². The van der Waals surface area contributed by atoms with Crippen molar-refractivity contribution < 1.29 is 4.74 Å². The summed E-state index contributed by atoms with van der Waals surface area (Å²) in [6.45, 7) is 3.11. The van der Waals surface area contributed by atoms with Gasteiger partial charge < -0.3 is 15.0 Å². The van der Waals surface area contributed by atoms with Crippen molar-refractivity contribution in [3.05, 3.63) is 30.5 Å². The first-order chi connectivity index (χ1) is 9.26. The first-order valence-corrected chi connectivity index (χ1v) is 6.72. The Morgan fingerprint density at radius 3 is 2.79 bits per heavy atom. The molecular formula is C15H21N3O. The second kappa shape index (κ2) is 6.27. The summed E-state index contributed by atoms with van der Waals surface area (Å²) in [6, 6.07) is 7.85. The molecule has 1 heterocycles. The molecule has 2 rings (SSSR count). The van der Waals surface area contributed by atoms with Gasteiger partial charge in [0.1, 0.15) is 5.75 Å². The van der Waals surface area contributed by atoms with Gasteiger partial charge in [-0.25, -0.2) is 4.98 Å². The van der Waals surface area contributed by atoms with Crippen LogP contribution in [-0.2, 0) is 6.54 Å². The van der Waals surface area contributed by atoms with Crippen molar-refractivity contribution in [2.24, 2.45) is 0 Å². The van der Waals surface area contributed by atoms with Crippen molar-refractivity contribution in [3.8, 4) is 17.0 Å². The fraction of sp³-hybridized carbons (Fsp3) is 0.400. The Balaban J connectivity index is 2.23. The zero-order valence-electron chi connectivity index (χ0n) is 11.6. The summed E-state index contributed by atoms with van der Waals surface area (Å²) in [4.78, 5) is 4.43. The third-order valence-electron chi connectivity index (χ3n) is 3.19. The maximum atomic E-state index is 5.96. The highest BCUT2D eigenvalue weighted by Crippen LogP contribution is 2.29. The number of unbranched alkanes of at least 4 members (excludes halogenated alkanes) is 2. The van der Waals surface area contributed by atoms with Crippen LogP contribution in [0.3, 0.4) is 0 Å². The fourth-order valence-electron chi connectivity index (χ4n) is 2.13. The fourth-order valence-corrected chi connectivity index (χ4v) is 2.13. The zero-order chi connectivity index (χ0) is 13.7. The average Bonchev–Trinajstić information content (AvgIpc) is 2.80. The van der Waals surface area contributed by atoms with Gasteiger partial charge in [-0.15, -0.1) is 0 Å². The first-order valence-electron chi connectivity index (χ1n) is 6.72. The van der Waals surface area contributed by atoms with Crippen LogP contribution < -0.4 is 10.5 Å². The number of para-hydroxylation sites is 1. The molecule has 0 spiro atoms. The number of nitrogens with two attached hydrogens (primary N) is 1. The van der Waals surface area contributed by atoms with E-state index in [1.54, 1.807) is 7.11 Å². The van der Waals surface area contributed by atoms with Gasteiger partial charge >= 0.3 is 0 Å². The molecule has 0 aliphatic heterocycles. The van der Waals surface area contributed by atoms with Gasteiger partial charge in [0.05, 0.1) is 12.8 Å². The van der Waals surface area contributed by atoms with Crippen LogP contribution >= 0.6 is 0 Å². The molecule has 2 aromatic rings. The molecule has 19 heavy (non-hydrogen) atoms. The van der Waals surface area contributed by atoms with E-state index >= 15 is 0 Å². The molecule has 0 aliphatic carbocycles. The summed E-state index contributed by atoms with van der Waals surface area (Å²) in [6.07, 6.45) is 5.54. The molecule has 0 radical (unpaired) electrons. The number of imidazole rings is 1. The maximum absolute atomic E-state index is 5.96. The molecule has 0 saturated carbocycles. The normalized spacial score (nSPS) is 10.6. The lowest BCUT2D eigenvalue weighted by molar-refractivity contribution is 0.416. The molecule has 102 valence electrons. The van der Waals surface area contributed by atoms with Crippen LogP contribution in [0.5, 0.6) is 5.75 Å². The van der Waals surface area contributed by atoms with Crippen LogP contribution in [-0.4, -0.2) is 16.7 Å². The van der Waals surface area contributed by atoms with Gasteiger partial charge in [0, 0.05) is 18.3 Å². The monoisotopic (exact) mass is 259 g/mol. The first kappa shape index (κ1) is 13.5. The minimum atomic E-state index is 0.567. The second-order valence-corrected chi connectivity index (χ2v) is 4.59. The smallest absolute Gasteiger partial charge is 0.200 e. The molecule has 2 N–H and O–H groups in total. The number of rotatable bonds is 6. The van der Waals surface area contributed by atoms with Crippen LogP contribution in [0, 0.1) is 0 Å². The van der Waals surface area contributed by atoms with Gasteiger partial charge in [-0.3, -0.25) is 0 Å². The van der Waals surface area contributed by atoms with Crippen molar-refractivity contribution in [2.75, 3.05) is 12.8 Å². The Bertz CT molecular complexity index is 534. The van der Waals surface area contributed by atoms with E-state index < -0.39 is 0 Å². The van der Waals surface area contributed by atoms with Gasteiger partial charge in [0.2, 0.25) is 5.95 Å². The van der Waals surface area contributed by atoms with Gasteiger partial charge in [0.15, 0.2) is 0 Å². The van der Waals surface area contributed by atoms with Gasteiger partial charge in [0.25, 0.3) is 0 Å². The summed E-state index contributed by atoms with van der Waals surface area (Å²) in [7, 11) is 1.67. The van der Waals surface area contributed by atoms with E-state index in [1.165, 1.54) is 12.8 Å². The number of methoxy groups -OCH3 is 1. The highest BCUT2D eigenvalue weighted by molar-refractivity contribution is 5.67. The van der Waals surface area contributed by atoms with E-state index in [4.69, 9.17) is 10.5 Å². The molecule has 0 fully saturated rings. The lowest BCUT2D eigenvalue weighted by atomic mass is 10.1. The Labute approximate surface area is 114 Å². The highest BCUT2D eigenvalue weighted by Gasteiger charge is 2.10. The largest absolute Gasteiger partial charge is 0.496 e. The minimum Gasteiger partial charge on any atom is -0.496 e. The van der Waals surface area contributed by atoms with Crippen molar-refractivity contribution >= 4 is 5.95 Å². The number of hydrogen-bond donors (Lipinski definition) is 1. The molecule has 0 saturated heterocycles. The SMILES string of the molecule is CCCCCn1cc(-c2ccccc2OC)nc1N. The molecule has 4 nitrogen and oxygen atoms in total. The summed E-state index contributed by atoms with van der Waals surface area (Å²) >= 11 is 0. The van der Waals surface area contributed by atoms with E-state index in [1.807, 2.05) is 35.0 Å². The number of nitrogens with zero attached hydrogens (tertiary/aromatic N) is 2. The third-order valence-corrected chi connectivity index (χ3v) is 3.19. The van der Waals surface area contributed by atoms with Crippen molar-refractivity contribution in [2.45, 2.75) is 32.7 Å². The van der Waals surface area contributed by atoms with Crippen LogP contribution in [0.25, 0.3) is 11.3 Å². The van der Waals surface area contributed by atoms with Crippen molar-refractivity contribution in [1.82, 2.24) is 9.55 Å². The quantitative estimate of drug-likeness (QED) is 0.809. The maximum Gasteiger partial charge on any atom is 0.200 e. The summed E-state index contributed by atoms with van der Waals surface area (Å²) < 4.78 is 7.37. The van der Waals surface area contributed by atoms with E-state index in [0.717, 1.165) is 30.0 Å². The molecule has 4 heteroatoms. The number of aryl methyl sites for hydroxylation is 1. The van der Waals surface area contributed by atoms with Crippen LogP contribution in [0.2, 0.25) is 0 Å². The van der Waals surface area contributed by atoms with E-state index in [0.29, 0.717) is 5.95 Å². The lowest BCUT2D eigenvalue weighted by Crippen LogP contribution is -2.02. The second-order valence-electron chi connectivity index (χ2n) is 4.59. The predicted octanol–water partition coefficient (Wildman–Crippen LogP) is 3.33. The van der Waals surface area contributed by atoms with Crippen LogP contribution in [0.1, 0.15) is 26.2 Å². The molecule has 1 aromatic heterocycles. The summed E-state index contributed by atoms with van der Waals surface area (Å²) in [5.74, 6) is 1.39. The Hall–Kier alpha value is -1.97. The van der Waals surface area contributed by atoms with Crippen molar-refractivity contribution in [1.29, 1.82) is 0 Å². The third kappa shape index (κ3) is 3.08. The number of nitrogen functional groups attached to an aromatic ring is 1. The average molecular weight is 259 g/mol. The van der Waals surface area contributed by atoms with Crippen LogP contribution in [0.15, 0.2) is 30.5 Å². The van der Waals surface area contributed by atoms with Crippen molar-refractivity contribution in [3.63, 3.8) is 0 Å². The molecule has 0 amide bonds. The highest BCUT2D eigenvalue weighted by atomic mass is 16.5. The summed E-state index contributed by atoms with van der Waals surface area (Å²) in [5.41, 5.74) is 7.81. The Morgan fingerprint density at radius 2 is 2.05 bits per heavy atom. The molecule has 1 aromatic carbocycles. The Morgan fingerprint density at radius 1 is 1.26 bits per heavy atom. The number of ether oxygens (including phenoxy) is 1. The van der Waals surface area contributed by atoms with E-state index in [-0.39, 0.29) is 0 Å². The minimum absolute atomic E-state index is 0.567.